The van der Waals surface area contributed by atoms with Gasteiger partial charge in [-0.3, -0.25) is 9.59 Å². The Kier molecular flexibility index (Phi) is 9.64. The van der Waals surface area contributed by atoms with E-state index >= 15 is 0 Å². The van der Waals surface area contributed by atoms with Crippen molar-refractivity contribution in [2.75, 3.05) is 13.1 Å². The molecule has 0 bridgehead atoms. The number of halogens is 2. The Morgan fingerprint density at radius 3 is 2.49 bits per heavy atom. The van der Waals surface area contributed by atoms with Gasteiger partial charge in [-0.2, -0.15) is 0 Å². The molecule has 3 atom stereocenters. The van der Waals surface area contributed by atoms with Gasteiger partial charge in [-0.15, -0.1) is 11.3 Å². The summed E-state index contributed by atoms with van der Waals surface area (Å²) in [6, 6.07) is 12.1. The summed E-state index contributed by atoms with van der Waals surface area (Å²) in [5.41, 5.74) is 0. The smallest absolute Gasteiger partial charge is 0.262 e. The summed E-state index contributed by atoms with van der Waals surface area (Å²) in [5.74, 6) is -0.835. The number of carbonyl (C=O) groups excluding carboxylic acids is 2. The molecule has 3 aromatic rings. The molecule has 11 heteroatoms. The van der Waals surface area contributed by atoms with E-state index in [0.29, 0.717) is 17.8 Å². The number of rotatable bonds is 11. The van der Waals surface area contributed by atoms with Crippen molar-refractivity contribution in [1.29, 1.82) is 0 Å². The highest BCUT2D eigenvalue weighted by molar-refractivity contribution is 7.89. The van der Waals surface area contributed by atoms with Crippen LogP contribution in [0.2, 0.25) is 5.02 Å². The summed E-state index contributed by atoms with van der Waals surface area (Å²) in [6.07, 6.45) is 3.09. The molecule has 0 spiro atoms. The second-order valence-corrected chi connectivity index (χ2v) is 13.7. The van der Waals surface area contributed by atoms with Gasteiger partial charge in [-0.05, 0) is 72.7 Å². The van der Waals surface area contributed by atoms with Crippen LogP contribution < -0.4 is 15.4 Å². The van der Waals surface area contributed by atoms with Gasteiger partial charge < -0.3 is 10.6 Å². The maximum atomic E-state index is 13.3. The topological polar surface area (TPSA) is 104 Å². The molecule has 3 N–H and O–H groups in total. The number of amides is 2. The third-order valence-electron chi connectivity index (χ3n) is 7.05. The molecule has 0 aliphatic heterocycles. The molecule has 7 nitrogen and oxygen atoms in total. The molecule has 210 valence electrons. The standard InChI is InChI=1S/C28H33ClFN3O4S2/c1-17(2)12-23(33-28(35)25-13-18-6-3-4-9-24(18)38-25)27(34)31-15-19-7-5-8-20(19)16-32-39(36,37)26-11-10-21(30)14-22(26)29/h3-4,6,9-11,13-14,17,19-20,23,32H,5,7-8,12,15-16H2,1-2H3,(H,31,34)(H,33,35)/t19-,20-,23+/m1/s1. The first-order valence-corrected chi connectivity index (χ1v) is 15.7. The predicted octanol–water partition coefficient (Wildman–Crippen LogP) is 5.35. The van der Waals surface area contributed by atoms with Crippen LogP contribution in [0.15, 0.2) is 53.4 Å². The lowest BCUT2D eigenvalue weighted by Gasteiger charge is -2.24. The zero-order chi connectivity index (χ0) is 28.2. The number of nitrogens with one attached hydrogen (secondary N) is 3. The molecular weight excluding hydrogens is 561 g/mol. The molecule has 0 unspecified atom stereocenters. The highest BCUT2D eigenvalue weighted by Crippen LogP contribution is 2.32. The summed E-state index contributed by atoms with van der Waals surface area (Å²) < 4.78 is 42.4. The third-order valence-corrected chi connectivity index (χ3v) is 10.1. The van der Waals surface area contributed by atoms with E-state index in [1.54, 1.807) is 0 Å². The minimum Gasteiger partial charge on any atom is -0.354 e. The molecule has 1 aliphatic carbocycles. The van der Waals surface area contributed by atoms with E-state index in [2.05, 4.69) is 15.4 Å². The fourth-order valence-corrected chi connectivity index (χ4v) is 7.61. The lowest BCUT2D eigenvalue weighted by Crippen LogP contribution is -2.48. The van der Waals surface area contributed by atoms with Gasteiger partial charge in [-0.25, -0.2) is 17.5 Å². The number of benzene rings is 2. The predicted molar refractivity (Wildman–Crippen MR) is 153 cm³/mol. The largest absolute Gasteiger partial charge is 0.354 e. The molecule has 2 aromatic carbocycles. The number of sulfonamides is 1. The van der Waals surface area contributed by atoms with Gasteiger partial charge >= 0.3 is 0 Å². The van der Waals surface area contributed by atoms with Crippen molar-refractivity contribution in [2.24, 2.45) is 17.8 Å². The third kappa shape index (κ3) is 7.57. The lowest BCUT2D eigenvalue weighted by atomic mass is 9.96. The summed E-state index contributed by atoms with van der Waals surface area (Å²) >= 11 is 7.34. The van der Waals surface area contributed by atoms with Crippen LogP contribution in [0.5, 0.6) is 0 Å². The highest BCUT2D eigenvalue weighted by atomic mass is 35.5. The normalized spacial score (nSPS) is 18.4. The maximum absolute atomic E-state index is 13.3. The Bertz CT molecular complexity index is 1410. The fraction of sp³-hybridized carbons (Fsp3) is 0.429. The first-order valence-electron chi connectivity index (χ1n) is 13.1. The van der Waals surface area contributed by atoms with E-state index in [1.165, 1.54) is 11.3 Å². The van der Waals surface area contributed by atoms with E-state index in [-0.39, 0.29) is 46.0 Å². The number of carbonyl (C=O) groups is 2. The maximum Gasteiger partial charge on any atom is 0.262 e. The zero-order valence-corrected chi connectivity index (χ0v) is 24.3. The van der Waals surface area contributed by atoms with Crippen LogP contribution in [0, 0.1) is 23.6 Å². The van der Waals surface area contributed by atoms with E-state index in [9.17, 15) is 22.4 Å². The summed E-state index contributed by atoms with van der Waals surface area (Å²) in [7, 11) is -3.91. The SMILES string of the molecule is CC(C)C[C@H](NC(=O)c1cc2ccccc2s1)C(=O)NC[C@H]1CCC[C@@H]1CNS(=O)(=O)c1ccc(F)cc1Cl. The monoisotopic (exact) mass is 593 g/mol. The van der Waals surface area contributed by atoms with Crippen molar-refractivity contribution < 1.29 is 22.4 Å². The molecule has 0 radical (unpaired) electrons. The molecule has 39 heavy (non-hydrogen) atoms. The van der Waals surface area contributed by atoms with Gasteiger partial charge in [0.1, 0.15) is 16.8 Å². The van der Waals surface area contributed by atoms with Gasteiger partial charge in [0.05, 0.1) is 9.90 Å². The second kappa shape index (κ2) is 12.8. The van der Waals surface area contributed by atoms with Crippen LogP contribution in [-0.4, -0.2) is 39.4 Å². The Labute approximate surface area is 237 Å². The molecule has 1 fully saturated rings. The number of hydrogen-bond acceptors (Lipinski definition) is 5. The first-order chi connectivity index (χ1) is 18.5. The van der Waals surface area contributed by atoms with Crippen LogP contribution in [0.1, 0.15) is 49.2 Å². The summed E-state index contributed by atoms with van der Waals surface area (Å²) in [5, 5.41) is 6.72. The van der Waals surface area contributed by atoms with Gasteiger partial charge in [-0.1, -0.05) is 50.1 Å². The lowest BCUT2D eigenvalue weighted by molar-refractivity contribution is -0.123. The quantitative estimate of drug-likeness (QED) is 0.279. The van der Waals surface area contributed by atoms with Crippen molar-refractivity contribution in [3.05, 3.63) is 64.2 Å². The minimum atomic E-state index is -3.91. The van der Waals surface area contributed by atoms with Crippen LogP contribution in [-0.2, 0) is 14.8 Å². The van der Waals surface area contributed by atoms with E-state index < -0.39 is 21.9 Å². The van der Waals surface area contributed by atoms with Gasteiger partial charge in [0.2, 0.25) is 15.9 Å². The van der Waals surface area contributed by atoms with Crippen LogP contribution in [0.4, 0.5) is 4.39 Å². The molecule has 1 aromatic heterocycles. The molecule has 1 aliphatic rings. The molecule has 0 saturated heterocycles. The second-order valence-electron chi connectivity index (χ2n) is 10.4. The summed E-state index contributed by atoms with van der Waals surface area (Å²) in [6.45, 7) is 4.57. The van der Waals surface area contributed by atoms with Crippen molar-refractivity contribution in [3.8, 4) is 0 Å². The average Bonchev–Trinajstić information content (AvgIpc) is 3.52. The summed E-state index contributed by atoms with van der Waals surface area (Å²) in [4.78, 5) is 26.5. The average molecular weight is 594 g/mol. The number of hydrogen-bond donors (Lipinski definition) is 3. The number of thiophene rings is 1. The zero-order valence-electron chi connectivity index (χ0n) is 21.9. The van der Waals surface area contributed by atoms with Gasteiger partial charge in [0.25, 0.3) is 5.91 Å². The Balaban J connectivity index is 1.34. The molecule has 1 saturated carbocycles. The van der Waals surface area contributed by atoms with Crippen LogP contribution in [0.25, 0.3) is 10.1 Å². The van der Waals surface area contributed by atoms with Crippen LogP contribution >= 0.6 is 22.9 Å². The molecule has 4 rings (SSSR count). The Morgan fingerprint density at radius 2 is 1.79 bits per heavy atom. The van der Waals surface area contributed by atoms with E-state index in [1.807, 2.05) is 44.2 Å². The fourth-order valence-electron chi connectivity index (χ4n) is 5.02. The van der Waals surface area contributed by atoms with E-state index in [4.69, 9.17) is 11.6 Å². The highest BCUT2D eigenvalue weighted by Gasteiger charge is 2.31. The van der Waals surface area contributed by atoms with Crippen molar-refractivity contribution in [3.63, 3.8) is 0 Å². The molecular formula is C28H33ClFN3O4S2. The van der Waals surface area contributed by atoms with E-state index in [0.717, 1.165) is 47.5 Å². The first kappa shape index (κ1) is 29.5. The van der Waals surface area contributed by atoms with Gasteiger partial charge in [0, 0.05) is 17.8 Å². The van der Waals surface area contributed by atoms with Crippen molar-refractivity contribution in [2.45, 2.75) is 50.5 Å². The van der Waals surface area contributed by atoms with Crippen molar-refractivity contribution >= 4 is 54.9 Å². The minimum absolute atomic E-state index is 0.0241. The molecule has 2 amide bonds. The van der Waals surface area contributed by atoms with Gasteiger partial charge in [0.15, 0.2) is 0 Å². The van der Waals surface area contributed by atoms with Crippen molar-refractivity contribution in [1.82, 2.24) is 15.4 Å². The Morgan fingerprint density at radius 1 is 1.08 bits per heavy atom. The Hall–Kier alpha value is -2.53. The molecule has 1 heterocycles. The van der Waals surface area contributed by atoms with Crippen LogP contribution in [0.3, 0.4) is 0 Å². The number of fused-ring (bicyclic) bond motifs is 1.